The number of rotatable bonds is 23. The Morgan fingerprint density at radius 1 is 0.652 bits per heavy atom. The number of hydrogen-bond acceptors (Lipinski definition) is 8. The quantitative estimate of drug-likeness (QED) is 0.0273. The third kappa shape index (κ3) is 15.4. The Hall–Kier alpha value is -1.81. The molecular weight excluding hydrogens is 591 g/mol. The monoisotopic (exact) mass is 652 g/mol. The van der Waals surface area contributed by atoms with E-state index in [9.17, 15) is 9.59 Å². The molecule has 3 aliphatic rings. The van der Waals surface area contributed by atoms with Crippen LogP contribution in [0.15, 0.2) is 25.3 Å². The van der Waals surface area contributed by atoms with Gasteiger partial charge in [0.1, 0.15) is 18.9 Å². The van der Waals surface area contributed by atoms with E-state index in [0.29, 0.717) is 57.2 Å². The lowest BCUT2D eigenvalue weighted by atomic mass is 9.72. The largest absolute Gasteiger partial charge is 0.463 e. The molecule has 0 aromatic carbocycles. The smallest absolute Gasteiger partial charge is 0.330 e. The normalized spacial score (nSPS) is 28.3. The van der Waals surface area contributed by atoms with Gasteiger partial charge in [0.05, 0.1) is 31.3 Å². The Labute approximate surface area is 277 Å². The molecule has 3 saturated carbocycles. The molecule has 0 radical (unpaired) electrons. The Kier molecular flexibility index (Phi) is 19.7. The maximum absolute atomic E-state index is 15.2. The number of unbranched alkanes of at least 4 members (excludes halogenated alkanes) is 6. The number of halogens is 1. The maximum Gasteiger partial charge on any atom is 0.330 e. The fourth-order valence-electron chi connectivity index (χ4n) is 7.18. The van der Waals surface area contributed by atoms with Crippen LogP contribution in [0.1, 0.15) is 122 Å². The zero-order chi connectivity index (χ0) is 32.8. The summed E-state index contributed by atoms with van der Waals surface area (Å²) in [5.74, 6) is 0.197. The van der Waals surface area contributed by atoms with Crippen LogP contribution in [0.2, 0.25) is 0 Å². The zero-order valence-corrected chi connectivity index (χ0v) is 28.2. The van der Waals surface area contributed by atoms with Gasteiger partial charge in [-0.05, 0) is 115 Å². The fraction of sp³-hybridized carbons (Fsp3) is 0.838. The second-order valence-corrected chi connectivity index (χ2v) is 13.4. The third-order valence-electron chi connectivity index (χ3n) is 9.96. The van der Waals surface area contributed by atoms with Gasteiger partial charge in [-0.2, -0.15) is 0 Å². The first kappa shape index (κ1) is 38.6. The number of carbonyl (C=O) groups excluding carboxylic acids is 2. The number of hydrogen-bond donors (Lipinski definition) is 0. The standard InChI is InChI=1S/C37H61FO8/c1-3-23-44-45-27-12-8-7-10-25-41-32-18-13-29(14-19-32)31-17-22-35(34(38)28-31)46-37(40)30-15-20-33(21-16-30)42-24-9-5-6-11-26-43-36(39)4-2/h3-4,29-35H,1-2,5-28H2. The maximum atomic E-state index is 15.2. The summed E-state index contributed by atoms with van der Waals surface area (Å²) in [6.45, 7) is 9.94. The molecule has 0 aromatic rings. The molecular formula is C37H61FO8. The van der Waals surface area contributed by atoms with Crippen molar-refractivity contribution in [3.05, 3.63) is 25.3 Å². The Morgan fingerprint density at radius 2 is 1.22 bits per heavy atom. The number of carbonyl (C=O) groups is 2. The number of alkyl halides is 1. The fourth-order valence-corrected chi connectivity index (χ4v) is 7.18. The molecule has 0 saturated heterocycles. The summed E-state index contributed by atoms with van der Waals surface area (Å²) in [5, 5.41) is 0. The van der Waals surface area contributed by atoms with Crippen LogP contribution in [0, 0.1) is 17.8 Å². The summed E-state index contributed by atoms with van der Waals surface area (Å²) in [4.78, 5) is 33.9. The number of ether oxygens (including phenoxy) is 4. The van der Waals surface area contributed by atoms with E-state index in [-0.39, 0.29) is 24.0 Å². The second kappa shape index (κ2) is 23.5. The molecule has 3 atom stereocenters. The van der Waals surface area contributed by atoms with Gasteiger partial charge in [-0.25, -0.2) is 19.0 Å². The van der Waals surface area contributed by atoms with Crippen molar-refractivity contribution < 1.29 is 42.7 Å². The summed E-state index contributed by atoms with van der Waals surface area (Å²) < 4.78 is 38.2. The van der Waals surface area contributed by atoms with Gasteiger partial charge in [0.25, 0.3) is 0 Å². The zero-order valence-electron chi connectivity index (χ0n) is 28.2. The summed E-state index contributed by atoms with van der Waals surface area (Å²) in [6.07, 6.45) is 19.4. The van der Waals surface area contributed by atoms with Crippen LogP contribution in [-0.2, 0) is 38.3 Å². The molecule has 8 nitrogen and oxygen atoms in total. The highest BCUT2D eigenvalue weighted by atomic mass is 19.1. The molecule has 0 aromatic heterocycles. The Bertz CT molecular complexity index is 852. The molecule has 3 fully saturated rings. The highest BCUT2D eigenvalue weighted by Gasteiger charge is 2.39. The lowest BCUT2D eigenvalue weighted by molar-refractivity contribution is -0.286. The van der Waals surface area contributed by atoms with Crippen LogP contribution in [0.3, 0.4) is 0 Å². The van der Waals surface area contributed by atoms with Gasteiger partial charge >= 0.3 is 11.9 Å². The van der Waals surface area contributed by atoms with Gasteiger partial charge < -0.3 is 18.9 Å². The molecule has 0 spiro atoms. The predicted octanol–water partition coefficient (Wildman–Crippen LogP) is 8.17. The topological polar surface area (TPSA) is 89.5 Å². The lowest BCUT2D eigenvalue weighted by Gasteiger charge is -2.39. The predicted molar refractivity (Wildman–Crippen MR) is 176 cm³/mol. The SMILES string of the molecule is C=CCOOCCCCCCOC1CCC(C2CCC(OC(=O)C3CCC(OCCCCCCOC(=O)C=C)CC3)C(F)C2)CC1. The third-order valence-corrected chi connectivity index (χ3v) is 9.96. The van der Waals surface area contributed by atoms with Crippen molar-refractivity contribution in [2.24, 2.45) is 17.8 Å². The molecule has 3 rings (SSSR count). The highest BCUT2D eigenvalue weighted by Crippen LogP contribution is 2.41. The van der Waals surface area contributed by atoms with E-state index in [1.807, 2.05) is 0 Å². The molecule has 46 heavy (non-hydrogen) atoms. The van der Waals surface area contributed by atoms with Gasteiger partial charge in [-0.1, -0.05) is 31.9 Å². The average Bonchev–Trinajstić information content (AvgIpc) is 3.08. The van der Waals surface area contributed by atoms with Gasteiger partial charge in [0.2, 0.25) is 0 Å². The van der Waals surface area contributed by atoms with Crippen molar-refractivity contribution in [3.8, 4) is 0 Å². The Morgan fingerprint density at radius 3 is 1.80 bits per heavy atom. The molecule has 3 unspecified atom stereocenters. The van der Waals surface area contributed by atoms with Crippen molar-refractivity contribution in [3.63, 3.8) is 0 Å². The van der Waals surface area contributed by atoms with Crippen LogP contribution in [0.25, 0.3) is 0 Å². The lowest BCUT2D eigenvalue weighted by Crippen LogP contribution is -2.39. The van der Waals surface area contributed by atoms with Crippen LogP contribution in [0.4, 0.5) is 4.39 Å². The van der Waals surface area contributed by atoms with E-state index < -0.39 is 12.3 Å². The summed E-state index contributed by atoms with van der Waals surface area (Å²) >= 11 is 0. The van der Waals surface area contributed by atoms with Gasteiger partial charge in [0.15, 0.2) is 0 Å². The molecule has 9 heteroatoms. The minimum Gasteiger partial charge on any atom is -0.463 e. The molecule has 0 aliphatic heterocycles. The van der Waals surface area contributed by atoms with Crippen molar-refractivity contribution in [1.82, 2.24) is 0 Å². The molecule has 264 valence electrons. The summed E-state index contributed by atoms with van der Waals surface area (Å²) in [5.41, 5.74) is 0. The van der Waals surface area contributed by atoms with Crippen molar-refractivity contribution in [2.75, 3.05) is 33.0 Å². The second-order valence-electron chi connectivity index (χ2n) is 13.4. The van der Waals surface area contributed by atoms with Crippen LogP contribution in [0.5, 0.6) is 0 Å². The first-order chi connectivity index (χ1) is 22.5. The molecule has 3 aliphatic carbocycles. The average molecular weight is 653 g/mol. The Balaban J connectivity index is 1.18. The van der Waals surface area contributed by atoms with Crippen LogP contribution < -0.4 is 0 Å². The van der Waals surface area contributed by atoms with Gasteiger partial charge in [-0.15, -0.1) is 6.58 Å². The minimum absolute atomic E-state index is 0.144. The first-order valence-electron chi connectivity index (χ1n) is 18.2. The molecule has 0 bridgehead atoms. The molecule has 0 N–H and O–H groups in total. The van der Waals surface area contributed by atoms with E-state index in [4.69, 9.17) is 28.7 Å². The first-order valence-corrected chi connectivity index (χ1v) is 18.2. The van der Waals surface area contributed by atoms with Crippen molar-refractivity contribution >= 4 is 11.9 Å². The van der Waals surface area contributed by atoms with E-state index in [1.165, 1.54) is 6.08 Å². The van der Waals surface area contributed by atoms with Crippen LogP contribution in [-0.4, -0.2) is 69.5 Å². The van der Waals surface area contributed by atoms with E-state index in [2.05, 4.69) is 13.2 Å². The molecule has 0 heterocycles. The van der Waals surface area contributed by atoms with E-state index in [1.54, 1.807) is 6.08 Å². The van der Waals surface area contributed by atoms with Gasteiger partial charge in [-0.3, -0.25) is 4.79 Å². The minimum atomic E-state index is -1.07. The van der Waals surface area contributed by atoms with Crippen molar-refractivity contribution in [1.29, 1.82) is 0 Å². The van der Waals surface area contributed by atoms with E-state index in [0.717, 1.165) is 116 Å². The van der Waals surface area contributed by atoms with Crippen LogP contribution >= 0.6 is 0 Å². The summed E-state index contributed by atoms with van der Waals surface area (Å²) in [7, 11) is 0. The van der Waals surface area contributed by atoms with E-state index >= 15 is 4.39 Å². The number of esters is 2. The molecule has 0 amide bonds. The van der Waals surface area contributed by atoms with Gasteiger partial charge in [0, 0.05) is 19.3 Å². The highest BCUT2D eigenvalue weighted by molar-refractivity contribution is 5.81. The van der Waals surface area contributed by atoms with Crippen molar-refractivity contribution in [2.45, 2.75) is 146 Å². The summed E-state index contributed by atoms with van der Waals surface area (Å²) in [6, 6.07) is 0.